The van der Waals surface area contributed by atoms with Gasteiger partial charge in [0.15, 0.2) is 0 Å². The number of aliphatic imine (C=N–C) groups is 1. The summed E-state index contributed by atoms with van der Waals surface area (Å²) in [5.74, 6) is 0. The van der Waals surface area contributed by atoms with Crippen molar-refractivity contribution >= 4 is 6.02 Å². The maximum Gasteiger partial charge on any atom is 0.282 e. The largest absolute Gasteiger partial charge is 0.463 e. The molecule has 0 bridgehead atoms. The summed E-state index contributed by atoms with van der Waals surface area (Å²) in [5, 5.41) is 0. The van der Waals surface area contributed by atoms with Gasteiger partial charge < -0.3 is 10.5 Å². The molecule has 3 heteroatoms. The van der Waals surface area contributed by atoms with Crippen molar-refractivity contribution in [1.29, 1.82) is 0 Å². The number of ether oxygens (including phenoxy) is 1. The zero-order valence-electron chi connectivity index (χ0n) is 7.76. The lowest BCUT2D eigenvalue weighted by molar-refractivity contribution is 0.239. The van der Waals surface area contributed by atoms with Gasteiger partial charge in [-0.05, 0) is 24.7 Å². The smallest absolute Gasteiger partial charge is 0.282 e. The van der Waals surface area contributed by atoms with Crippen LogP contribution >= 0.6 is 0 Å². The number of hydrogen-bond acceptors (Lipinski definition) is 3. The predicted octanol–water partition coefficient (Wildman–Crippen LogP) is 1.28. The van der Waals surface area contributed by atoms with E-state index in [1.165, 1.54) is 6.42 Å². The van der Waals surface area contributed by atoms with Gasteiger partial charge >= 0.3 is 0 Å². The first-order valence-corrected chi connectivity index (χ1v) is 4.50. The van der Waals surface area contributed by atoms with Crippen LogP contribution in [0.3, 0.4) is 0 Å². The Morgan fingerprint density at radius 3 is 2.58 bits per heavy atom. The lowest BCUT2D eigenvalue weighted by Crippen LogP contribution is -2.25. The van der Waals surface area contributed by atoms with E-state index in [2.05, 4.69) is 18.8 Å². The van der Waals surface area contributed by atoms with Gasteiger partial charge in [-0.25, -0.2) is 4.99 Å². The average molecular weight is 168 g/mol. The van der Waals surface area contributed by atoms with Crippen molar-refractivity contribution in [2.45, 2.75) is 38.6 Å². The highest BCUT2D eigenvalue weighted by atomic mass is 16.5. The fourth-order valence-corrected chi connectivity index (χ4v) is 2.36. The van der Waals surface area contributed by atoms with Crippen LogP contribution in [0.25, 0.3) is 0 Å². The first-order valence-electron chi connectivity index (χ1n) is 4.50. The Kier molecular flexibility index (Phi) is 1.41. The molecule has 1 aliphatic heterocycles. The number of amidine groups is 1. The molecule has 0 radical (unpaired) electrons. The van der Waals surface area contributed by atoms with E-state index in [0.717, 1.165) is 12.8 Å². The Morgan fingerprint density at radius 2 is 2.17 bits per heavy atom. The summed E-state index contributed by atoms with van der Waals surface area (Å²) in [5.41, 5.74) is 5.96. The monoisotopic (exact) mass is 168 g/mol. The molecule has 1 atom stereocenters. The Bertz CT molecular complexity index is 235. The molecule has 2 rings (SSSR count). The molecule has 1 spiro atoms. The van der Waals surface area contributed by atoms with Crippen LogP contribution in [0.2, 0.25) is 0 Å². The molecule has 0 aromatic carbocycles. The van der Waals surface area contributed by atoms with Crippen LogP contribution in [0, 0.1) is 5.41 Å². The molecule has 0 amide bonds. The highest BCUT2D eigenvalue weighted by Gasteiger charge is 2.46. The van der Waals surface area contributed by atoms with E-state index in [1.807, 2.05) is 0 Å². The van der Waals surface area contributed by atoms with Crippen molar-refractivity contribution in [2.24, 2.45) is 16.1 Å². The van der Waals surface area contributed by atoms with Crippen LogP contribution in [0.4, 0.5) is 0 Å². The van der Waals surface area contributed by atoms with E-state index >= 15 is 0 Å². The highest BCUT2D eigenvalue weighted by Crippen LogP contribution is 2.47. The third kappa shape index (κ3) is 1.17. The first kappa shape index (κ1) is 7.90. The van der Waals surface area contributed by atoms with Gasteiger partial charge in [-0.3, -0.25) is 0 Å². The minimum Gasteiger partial charge on any atom is -0.463 e. The van der Waals surface area contributed by atoms with E-state index in [-0.39, 0.29) is 5.54 Å². The quantitative estimate of drug-likeness (QED) is 0.592. The van der Waals surface area contributed by atoms with Gasteiger partial charge in [0.1, 0.15) is 12.1 Å². The topological polar surface area (TPSA) is 47.6 Å². The van der Waals surface area contributed by atoms with E-state index in [4.69, 9.17) is 10.5 Å². The third-order valence-corrected chi connectivity index (χ3v) is 2.91. The normalized spacial score (nSPS) is 38.3. The number of nitrogens with zero attached hydrogens (tertiary/aromatic N) is 1. The maximum atomic E-state index is 5.51. The second-order valence-corrected chi connectivity index (χ2v) is 4.80. The number of hydrogen-bond donors (Lipinski definition) is 1. The fourth-order valence-electron chi connectivity index (χ4n) is 2.36. The molecule has 2 aliphatic rings. The van der Waals surface area contributed by atoms with E-state index in [0.29, 0.717) is 18.0 Å². The molecule has 0 saturated heterocycles. The SMILES string of the molecule is CC1(C)CCC2(COC(N)=N2)C1. The van der Waals surface area contributed by atoms with Crippen molar-refractivity contribution in [3.63, 3.8) is 0 Å². The summed E-state index contributed by atoms with van der Waals surface area (Å²) in [6.07, 6.45) is 3.47. The number of nitrogens with two attached hydrogens (primary N) is 1. The third-order valence-electron chi connectivity index (χ3n) is 2.91. The molecule has 1 saturated carbocycles. The lowest BCUT2D eigenvalue weighted by Gasteiger charge is -2.20. The summed E-state index contributed by atoms with van der Waals surface area (Å²) in [6, 6.07) is 0.382. The van der Waals surface area contributed by atoms with E-state index in [9.17, 15) is 0 Å². The van der Waals surface area contributed by atoms with Gasteiger partial charge in [-0.15, -0.1) is 0 Å². The second kappa shape index (κ2) is 2.15. The molecule has 12 heavy (non-hydrogen) atoms. The second-order valence-electron chi connectivity index (χ2n) is 4.80. The molecular weight excluding hydrogens is 152 g/mol. The summed E-state index contributed by atoms with van der Waals surface area (Å²) >= 11 is 0. The van der Waals surface area contributed by atoms with Crippen molar-refractivity contribution < 1.29 is 4.74 Å². The van der Waals surface area contributed by atoms with Gasteiger partial charge in [0.2, 0.25) is 0 Å². The minimum absolute atomic E-state index is 0.0353. The first-order chi connectivity index (χ1) is 5.52. The van der Waals surface area contributed by atoms with Gasteiger partial charge in [0.25, 0.3) is 6.02 Å². The zero-order chi connectivity index (χ0) is 8.82. The van der Waals surface area contributed by atoms with Crippen molar-refractivity contribution in [2.75, 3.05) is 6.61 Å². The Hall–Kier alpha value is -0.730. The van der Waals surface area contributed by atoms with Crippen LogP contribution < -0.4 is 5.73 Å². The van der Waals surface area contributed by atoms with E-state index in [1.54, 1.807) is 0 Å². The lowest BCUT2D eigenvalue weighted by atomic mass is 9.88. The zero-order valence-corrected chi connectivity index (χ0v) is 7.76. The number of rotatable bonds is 0. The van der Waals surface area contributed by atoms with Crippen LogP contribution in [0.15, 0.2) is 4.99 Å². The Balaban J connectivity index is 2.17. The van der Waals surface area contributed by atoms with Gasteiger partial charge in [0, 0.05) is 0 Å². The summed E-state index contributed by atoms with van der Waals surface area (Å²) in [7, 11) is 0. The fraction of sp³-hybridized carbons (Fsp3) is 0.889. The highest BCUT2D eigenvalue weighted by molar-refractivity contribution is 5.73. The van der Waals surface area contributed by atoms with Crippen LogP contribution in [-0.2, 0) is 4.74 Å². The van der Waals surface area contributed by atoms with Crippen molar-refractivity contribution in [3.05, 3.63) is 0 Å². The molecule has 0 aromatic heterocycles. The molecule has 2 N–H and O–H groups in total. The Morgan fingerprint density at radius 1 is 1.42 bits per heavy atom. The van der Waals surface area contributed by atoms with Crippen LogP contribution in [0.5, 0.6) is 0 Å². The molecule has 1 heterocycles. The molecule has 1 unspecified atom stereocenters. The van der Waals surface area contributed by atoms with Gasteiger partial charge in [0.05, 0.1) is 0 Å². The van der Waals surface area contributed by atoms with E-state index < -0.39 is 0 Å². The molecule has 1 aliphatic carbocycles. The van der Waals surface area contributed by atoms with Crippen molar-refractivity contribution in [3.8, 4) is 0 Å². The summed E-state index contributed by atoms with van der Waals surface area (Å²) < 4.78 is 5.21. The predicted molar refractivity (Wildman–Crippen MR) is 47.9 cm³/mol. The van der Waals surface area contributed by atoms with Crippen LogP contribution in [0.1, 0.15) is 33.1 Å². The molecule has 1 fully saturated rings. The average Bonchev–Trinajstić information content (AvgIpc) is 2.41. The maximum absolute atomic E-state index is 5.51. The van der Waals surface area contributed by atoms with Crippen molar-refractivity contribution in [1.82, 2.24) is 0 Å². The summed E-state index contributed by atoms with van der Waals surface area (Å²) in [6.45, 7) is 5.26. The van der Waals surface area contributed by atoms with Gasteiger partial charge in [-0.2, -0.15) is 0 Å². The van der Waals surface area contributed by atoms with Crippen LogP contribution in [-0.4, -0.2) is 18.2 Å². The Labute approximate surface area is 73.0 Å². The molecule has 68 valence electrons. The standard InChI is InChI=1S/C9H16N2O/c1-8(2)3-4-9(5-8)6-12-7(10)11-9/h3-6H2,1-2H3,(H2,10,11). The molecular formula is C9H16N2O. The summed E-state index contributed by atoms with van der Waals surface area (Å²) in [4.78, 5) is 4.39. The molecule has 3 nitrogen and oxygen atoms in total. The minimum atomic E-state index is 0.0353. The van der Waals surface area contributed by atoms with Gasteiger partial charge in [-0.1, -0.05) is 13.8 Å². The molecule has 0 aromatic rings.